The van der Waals surface area contributed by atoms with Crippen molar-refractivity contribution in [3.05, 3.63) is 60.4 Å². The van der Waals surface area contributed by atoms with Crippen LogP contribution in [0.3, 0.4) is 0 Å². The van der Waals surface area contributed by atoms with Crippen LogP contribution in [0.2, 0.25) is 0 Å². The molecule has 0 saturated heterocycles. The van der Waals surface area contributed by atoms with Crippen LogP contribution in [0.15, 0.2) is 64.5 Å². The third kappa shape index (κ3) is 2.57. The normalized spacial score (nSPS) is 11.3. The number of aryl methyl sites for hydroxylation is 1. The van der Waals surface area contributed by atoms with E-state index < -0.39 is 0 Å². The van der Waals surface area contributed by atoms with Crippen molar-refractivity contribution in [2.45, 2.75) is 29.7 Å². The smallest absolute Gasteiger partial charge is 0.194 e. The van der Waals surface area contributed by atoms with Crippen molar-refractivity contribution < 1.29 is 0 Å². The lowest BCUT2D eigenvalue weighted by atomic mass is 10.3. The van der Waals surface area contributed by atoms with Gasteiger partial charge in [0.15, 0.2) is 5.65 Å². The molecule has 0 aliphatic carbocycles. The molecule has 5 heteroatoms. The summed E-state index contributed by atoms with van der Waals surface area (Å²) in [5.74, 6) is 0.996. The molecule has 2 aromatic heterocycles. The van der Waals surface area contributed by atoms with E-state index in [1.807, 2.05) is 36.4 Å². The molecule has 114 valence electrons. The van der Waals surface area contributed by atoms with Crippen LogP contribution < -0.4 is 0 Å². The fourth-order valence-corrected chi connectivity index (χ4v) is 3.55. The van der Waals surface area contributed by atoms with Crippen LogP contribution in [-0.4, -0.2) is 19.6 Å². The van der Waals surface area contributed by atoms with Gasteiger partial charge >= 0.3 is 0 Å². The van der Waals surface area contributed by atoms with E-state index >= 15 is 0 Å². The summed E-state index contributed by atoms with van der Waals surface area (Å²) in [6.45, 7) is 2.16. The van der Waals surface area contributed by atoms with E-state index in [9.17, 15) is 0 Å². The Morgan fingerprint density at radius 3 is 2.57 bits per heavy atom. The number of hydrogen-bond acceptors (Lipinski definition) is 4. The van der Waals surface area contributed by atoms with Gasteiger partial charge in [-0.15, -0.1) is 10.2 Å². The molecule has 0 aliphatic rings. The SMILES string of the molecule is CCCc1nnc2c(Sc3ccccc3)nc3ccccc3n12. The Hall–Kier alpha value is -2.40. The van der Waals surface area contributed by atoms with Crippen molar-refractivity contribution in [1.29, 1.82) is 0 Å². The minimum Gasteiger partial charge on any atom is -0.275 e. The Kier molecular flexibility index (Phi) is 3.71. The van der Waals surface area contributed by atoms with Crippen molar-refractivity contribution in [3.8, 4) is 0 Å². The summed E-state index contributed by atoms with van der Waals surface area (Å²) >= 11 is 1.63. The van der Waals surface area contributed by atoms with Gasteiger partial charge in [0.25, 0.3) is 0 Å². The van der Waals surface area contributed by atoms with Gasteiger partial charge in [-0.25, -0.2) is 4.98 Å². The monoisotopic (exact) mass is 320 g/mol. The Morgan fingerprint density at radius 1 is 0.957 bits per heavy atom. The van der Waals surface area contributed by atoms with Crippen LogP contribution in [0.1, 0.15) is 19.2 Å². The first-order valence-corrected chi connectivity index (χ1v) is 8.54. The first-order valence-electron chi connectivity index (χ1n) is 7.72. The van der Waals surface area contributed by atoms with Crippen molar-refractivity contribution >= 4 is 28.4 Å². The zero-order valence-electron chi connectivity index (χ0n) is 12.8. The Bertz CT molecular complexity index is 963. The van der Waals surface area contributed by atoms with Gasteiger partial charge in [0.1, 0.15) is 10.9 Å². The van der Waals surface area contributed by atoms with Crippen LogP contribution in [0.4, 0.5) is 0 Å². The maximum Gasteiger partial charge on any atom is 0.194 e. The van der Waals surface area contributed by atoms with Gasteiger partial charge in [-0.3, -0.25) is 4.40 Å². The van der Waals surface area contributed by atoms with E-state index in [0.717, 1.165) is 45.3 Å². The minimum absolute atomic E-state index is 0.834. The average molecular weight is 320 g/mol. The molecule has 0 bridgehead atoms. The summed E-state index contributed by atoms with van der Waals surface area (Å²) in [5, 5.41) is 9.70. The van der Waals surface area contributed by atoms with E-state index in [4.69, 9.17) is 4.98 Å². The van der Waals surface area contributed by atoms with Crippen molar-refractivity contribution in [1.82, 2.24) is 19.6 Å². The predicted molar refractivity (Wildman–Crippen MR) is 92.8 cm³/mol. The molecular formula is C18H16N4S. The Morgan fingerprint density at radius 2 is 1.74 bits per heavy atom. The van der Waals surface area contributed by atoms with Crippen LogP contribution in [0, 0.1) is 0 Å². The third-order valence-corrected chi connectivity index (χ3v) is 4.67. The fraction of sp³-hybridized carbons (Fsp3) is 0.167. The van der Waals surface area contributed by atoms with Crippen LogP contribution in [0.5, 0.6) is 0 Å². The molecule has 2 heterocycles. The van der Waals surface area contributed by atoms with Crippen LogP contribution in [-0.2, 0) is 6.42 Å². The van der Waals surface area contributed by atoms with E-state index in [1.54, 1.807) is 11.8 Å². The molecule has 0 amide bonds. The third-order valence-electron chi connectivity index (χ3n) is 3.70. The maximum atomic E-state index is 4.81. The summed E-state index contributed by atoms with van der Waals surface area (Å²) in [7, 11) is 0. The van der Waals surface area contributed by atoms with Gasteiger partial charge in [0, 0.05) is 11.3 Å². The highest BCUT2D eigenvalue weighted by atomic mass is 32.2. The molecule has 2 aromatic carbocycles. The second-order valence-electron chi connectivity index (χ2n) is 5.35. The summed E-state index contributed by atoms with van der Waals surface area (Å²) < 4.78 is 2.15. The first-order chi connectivity index (χ1) is 11.4. The van der Waals surface area contributed by atoms with Crippen LogP contribution >= 0.6 is 11.8 Å². The number of benzene rings is 2. The minimum atomic E-state index is 0.834. The fourth-order valence-electron chi connectivity index (χ4n) is 2.67. The zero-order chi connectivity index (χ0) is 15.6. The van der Waals surface area contributed by atoms with Gasteiger partial charge in [-0.1, -0.05) is 49.0 Å². The summed E-state index contributed by atoms with van der Waals surface area (Å²) in [6, 6.07) is 18.4. The van der Waals surface area contributed by atoms with Gasteiger partial charge in [0.05, 0.1) is 11.0 Å². The van der Waals surface area contributed by atoms with Crippen LogP contribution in [0.25, 0.3) is 16.7 Å². The Balaban J connectivity index is 1.96. The quantitative estimate of drug-likeness (QED) is 0.559. The number of nitrogens with zero attached hydrogens (tertiary/aromatic N) is 4. The van der Waals surface area contributed by atoms with Crippen molar-refractivity contribution in [2.75, 3.05) is 0 Å². The van der Waals surface area contributed by atoms with Gasteiger partial charge in [-0.2, -0.15) is 0 Å². The molecule has 0 spiro atoms. The number of fused-ring (bicyclic) bond motifs is 3. The predicted octanol–water partition coefficient (Wildman–Crippen LogP) is 4.38. The summed E-state index contributed by atoms with van der Waals surface area (Å²) in [6.07, 6.45) is 1.95. The van der Waals surface area contributed by atoms with E-state index in [0.29, 0.717) is 0 Å². The second kappa shape index (κ2) is 6.01. The molecule has 0 aliphatic heterocycles. The standard InChI is InChI=1S/C18H16N4S/c1-2-8-16-20-21-17-18(23-13-9-4-3-5-10-13)19-14-11-6-7-12-15(14)22(16)17/h3-7,9-12H,2,8H2,1H3. The molecule has 0 atom stereocenters. The first kappa shape index (κ1) is 14.2. The second-order valence-corrected chi connectivity index (χ2v) is 6.41. The zero-order valence-corrected chi connectivity index (χ0v) is 13.6. The van der Waals surface area contributed by atoms with Gasteiger partial charge in [0.2, 0.25) is 0 Å². The molecule has 0 N–H and O–H groups in total. The van der Waals surface area contributed by atoms with Crippen molar-refractivity contribution in [3.63, 3.8) is 0 Å². The lowest BCUT2D eigenvalue weighted by Crippen LogP contribution is -1.99. The van der Waals surface area contributed by atoms with E-state index in [2.05, 4.69) is 39.7 Å². The highest BCUT2D eigenvalue weighted by molar-refractivity contribution is 7.99. The summed E-state index contributed by atoms with van der Waals surface area (Å²) in [4.78, 5) is 5.96. The molecule has 0 saturated carbocycles. The molecule has 4 nitrogen and oxygen atoms in total. The number of aromatic nitrogens is 4. The van der Waals surface area contributed by atoms with E-state index in [-0.39, 0.29) is 0 Å². The maximum absolute atomic E-state index is 4.81. The van der Waals surface area contributed by atoms with Gasteiger partial charge in [-0.05, 0) is 30.7 Å². The highest BCUT2D eigenvalue weighted by Crippen LogP contribution is 2.31. The number of para-hydroxylation sites is 2. The molecular weight excluding hydrogens is 304 g/mol. The number of rotatable bonds is 4. The molecule has 0 fully saturated rings. The van der Waals surface area contributed by atoms with E-state index in [1.165, 1.54) is 0 Å². The Labute approximate surface area is 138 Å². The average Bonchev–Trinajstić information content (AvgIpc) is 3.01. The highest BCUT2D eigenvalue weighted by Gasteiger charge is 2.15. The number of hydrogen-bond donors (Lipinski definition) is 0. The molecule has 23 heavy (non-hydrogen) atoms. The topological polar surface area (TPSA) is 43.1 Å². The molecule has 4 aromatic rings. The van der Waals surface area contributed by atoms with Crippen molar-refractivity contribution in [2.24, 2.45) is 0 Å². The largest absolute Gasteiger partial charge is 0.275 e. The molecule has 0 unspecified atom stereocenters. The summed E-state index contributed by atoms with van der Waals surface area (Å²) in [5.41, 5.74) is 2.87. The molecule has 4 rings (SSSR count). The lowest BCUT2D eigenvalue weighted by molar-refractivity contribution is 0.824. The molecule has 0 radical (unpaired) electrons. The lowest BCUT2D eigenvalue weighted by Gasteiger charge is -2.08. The van der Waals surface area contributed by atoms with Gasteiger partial charge < -0.3 is 0 Å².